The van der Waals surface area contributed by atoms with Crippen molar-refractivity contribution in [2.45, 2.75) is 0 Å². The second kappa shape index (κ2) is 4.59. The first kappa shape index (κ1) is 12.1. The Hall–Kier alpha value is -3.00. The number of fused-ring (bicyclic) bond motifs is 1. The van der Waals surface area contributed by atoms with E-state index < -0.39 is 0 Å². The lowest BCUT2D eigenvalue weighted by Gasteiger charge is -2.15. The van der Waals surface area contributed by atoms with Crippen LogP contribution in [-0.4, -0.2) is 12.0 Å². The molecule has 1 heterocycles. The maximum absolute atomic E-state index is 9.15. The van der Waals surface area contributed by atoms with Crippen LogP contribution in [0, 0.1) is 11.3 Å². The van der Waals surface area contributed by atoms with Crippen molar-refractivity contribution in [3.63, 3.8) is 0 Å². The number of nitrogens with zero attached hydrogens (tertiary/aromatic N) is 3. The highest BCUT2D eigenvalue weighted by molar-refractivity contribution is 5.87. The van der Waals surface area contributed by atoms with Gasteiger partial charge in [0.15, 0.2) is 5.58 Å². The van der Waals surface area contributed by atoms with Crippen molar-refractivity contribution in [3.05, 3.63) is 48.0 Å². The van der Waals surface area contributed by atoms with Crippen LogP contribution in [0.15, 0.2) is 46.9 Å². The molecule has 2 N–H and O–H groups in total. The highest BCUT2D eigenvalue weighted by Crippen LogP contribution is 2.30. The summed E-state index contributed by atoms with van der Waals surface area (Å²) >= 11 is 0. The van der Waals surface area contributed by atoms with Crippen LogP contribution in [0.4, 0.5) is 17.4 Å². The molecule has 3 rings (SSSR count). The summed E-state index contributed by atoms with van der Waals surface area (Å²) < 4.78 is 5.69. The van der Waals surface area contributed by atoms with E-state index in [1.807, 2.05) is 30.3 Å². The number of nitrogens with two attached hydrogens (primary N) is 1. The third-order valence-corrected chi connectivity index (χ3v) is 3.11. The molecule has 20 heavy (non-hydrogen) atoms. The molecule has 0 bridgehead atoms. The molecule has 0 aliphatic heterocycles. The summed E-state index contributed by atoms with van der Waals surface area (Å²) in [6.07, 6.45) is 0. The van der Waals surface area contributed by atoms with Crippen LogP contribution in [0.3, 0.4) is 0 Å². The van der Waals surface area contributed by atoms with E-state index in [0.29, 0.717) is 28.4 Å². The predicted molar refractivity (Wildman–Crippen MR) is 77.6 cm³/mol. The van der Waals surface area contributed by atoms with Crippen molar-refractivity contribution in [2.24, 2.45) is 0 Å². The predicted octanol–water partition coefficient (Wildman–Crippen LogP) is 3.05. The maximum Gasteiger partial charge on any atom is 0.302 e. The van der Waals surface area contributed by atoms with Gasteiger partial charge in [0.2, 0.25) is 0 Å². The largest absolute Gasteiger partial charge is 0.423 e. The fraction of sp³-hybridized carbons (Fsp3) is 0.0667. The fourth-order valence-electron chi connectivity index (χ4n) is 2.07. The summed E-state index contributed by atoms with van der Waals surface area (Å²) in [5.41, 5.74) is 8.99. The van der Waals surface area contributed by atoms with Gasteiger partial charge in [-0.15, -0.1) is 0 Å². The van der Waals surface area contributed by atoms with Gasteiger partial charge >= 0.3 is 6.01 Å². The van der Waals surface area contributed by atoms with E-state index in [1.54, 1.807) is 24.1 Å². The van der Waals surface area contributed by atoms with Gasteiger partial charge in [-0.05, 0) is 24.3 Å². The van der Waals surface area contributed by atoms with Crippen LogP contribution in [0.1, 0.15) is 5.56 Å². The van der Waals surface area contributed by atoms with Crippen molar-refractivity contribution < 1.29 is 4.42 Å². The molecule has 0 aliphatic carbocycles. The van der Waals surface area contributed by atoms with E-state index in [2.05, 4.69) is 11.1 Å². The summed E-state index contributed by atoms with van der Waals surface area (Å²) in [5, 5.41) is 9.15. The molecule has 98 valence electrons. The van der Waals surface area contributed by atoms with Gasteiger partial charge in [0.25, 0.3) is 0 Å². The van der Waals surface area contributed by atoms with Crippen LogP contribution in [0.2, 0.25) is 0 Å². The molecule has 0 atom stereocenters. The molecular formula is C15H12N4O. The minimum atomic E-state index is 0.403. The second-order valence-electron chi connectivity index (χ2n) is 4.38. The fourth-order valence-corrected chi connectivity index (χ4v) is 2.07. The standard InChI is InChI=1S/C15H12N4O/c1-19(12-7-3-2-5-10(12)9-16)15-18-14-11(17)6-4-8-13(14)20-15/h2-8H,17H2,1H3. The normalized spacial score (nSPS) is 10.4. The first-order valence-corrected chi connectivity index (χ1v) is 6.08. The lowest BCUT2D eigenvalue weighted by Crippen LogP contribution is -2.11. The van der Waals surface area contributed by atoms with Gasteiger partial charge in [0.1, 0.15) is 11.6 Å². The Morgan fingerprint density at radius 1 is 1.20 bits per heavy atom. The van der Waals surface area contributed by atoms with Crippen molar-refractivity contribution >= 4 is 28.5 Å². The zero-order valence-electron chi connectivity index (χ0n) is 10.9. The molecule has 1 aromatic heterocycles. The van der Waals surface area contributed by atoms with E-state index in [1.165, 1.54) is 0 Å². The Morgan fingerprint density at radius 2 is 2.00 bits per heavy atom. The zero-order valence-corrected chi connectivity index (χ0v) is 10.9. The Bertz CT molecular complexity index is 816. The smallest absolute Gasteiger partial charge is 0.302 e. The number of hydrogen-bond acceptors (Lipinski definition) is 5. The first-order chi connectivity index (χ1) is 9.70. The maximum atomic E-state index is 9.15. The van der Waals surface area contributed by atoms with Gasteiger partial charge in [-0.2, -0.15) is 10.2 Å². The van der Waals surface area contributed by atoms with Crippen molar-refractivity contribution in [1.29, 1.82) is 5.26 Å². The van der Waals surface area contributed by atoms with Gasteiger partial charge in [-0.25, -0.2) is 0 Å². The molecule has 0 saturated carbocycles. The zero-order chi connectivity index (χ0) is 14.1. The van der Waals surface area contributed by atoms with E-state index in [-0.39, 0.29) is 0 Å². The highest BCUT2D eigenvalue weighted by atomic mass is 16.4. The molecule has 0 fully saturated rings. The molecular weight excluding hydrogens is 252 g/mol. The van der Waals surface area contributed by atoms with Gasteiger partial charge in [-0.3, -0.25) is 4.90 Å². The summed E-state index contributed by atoms with van der Waals surface area (Å²) in [6, 6.07) is 15.2. The Morgan fingerprint density at radius 3 is 2.75 bits per heavy atom. The minimum absolute atomic E-state index is 0.403. The quantitative estimate of drug-likeness (QED) is 0.719. The number of rotatable bonds is 2. The van der Waals surface area contributed by atoms with Gasteiger partial charge in [0, 0.05) is 7.05 Å². The molecule has 0 unspecified atom stereocenters. The molecule has 0 aliphatic rings. The highest BCUT2D eigenvalue weighted by Gasteiger charge is 2.15. The number of benzene rings is 2. The first-order valence-electron chi connectivity index (χ1n) is 6.08. The topological polar surface area (TPSA) is 79.1 Å². The molecule has 2 aromatic carbocycles. The van der Waals surface area contributed by atoms with Crippen LogP contribution in [-0.2, 0) is 0 Å². The summed E-state index contributed by atoms with van der Waals surface area (Å²) in [4.78, 5) is 6.12. The van der Waals surface area contributed by atoms with E-state index in [4.69, 9.17) is 15.4 Å². The lowest BCUT2D eigenvalue weighted by molar-refractivity contribution is 0.603. The third kappa shape index (κ3) is 1.84. The van der Waals surface area contributed by atoms with E-state index in [9.17, 15) is 0 Å². The van der Waals surface area contributed by atoms with Gasteiger partial charge in [0.05, 0.1) is 16.9 Å². The molecule has 5 heteroatoms. The van der Waals surface area contributed by atoms with E-state index in [0.717, 1.165) is 5.69 Å². The van der Waals surface area contributed by atoms with Crippen LogP contribution in [0.5, 0.6) is 0 Å². The molecule has 5 nitrogen and oxygen atoms in total. The summed E-state index contributed by atoms with van der Waals surface area (Å²) in [6.45, 7) is 0. The Balaban J connectivity index is 2.11. The SMILES string of the molecule is CN(c1nc2c(N)cccc2o1)c1ccccc1C#N. The monoisotopic (exact) mass is 264 g/mol. The number of para-hydroxylation sites is 2. The Kier molecular flexibility index (Phi) is 2.77. The average molecular weight is 264 g/mol. The molecule has 0 amide bonds. The van der Waals surface area contributed by atoms with Crippen molar-refractivity contribution in [2.75, 3.05) is 17.7 Å². The Labute approximate surface area is 115 Å². The number of aromatic nitrogens is 1. The summed E-state index contributed by atoms with van der Waals surface area (Å²) in [5.74, 6) is 0. The van der Waals surface area contributed by atoms with E-state index >= 15 is 0 Å². The number of hydrogen-bond donors (Lipinski definition) is 1. The second-order valence-corrected chi connectivity index (χ2v) is 4.38. The van der Waals surface area contributed by atoms with Gasteiger partial charge in [-0.1, -0.05) is 18.2 Å². The number of nitrogen functional groups attached to an aromatic ring is 1. The molecule has 0 saturated heterocycles. The molecule has 0 radical (unpaired) electrons. The molecule has 0 spiro atoms. The molecule has 3 aromatic rings. The van der Waals surface area contributed by atoms with Crippen LogP contribution < -0.4 is 10.6 Å². The minimum Gasteiger partial charge on any atom is -0.423 e. The lowest BCUT2D eigenvalue weighted by atomic mass is 10.2. The summed E-state index contributed by atoms with van der Waals surface area (Å²) in [7, 11) is 1.80. The van der Waals surface area contributed by atoms with Crippen molar-refractivity contribution in [3.8, 4) is 6.07 Å². The number of oxazole rings is 1. The number of nitriles is 1. The third-order valence-electron chi connectivity index (χ3n) is 3.11. The van der Waals surface area contributed by atoms with Gasteiger partial charge < -0.3 is 10.2 Å². The number of anilines is 3. The van der Waals surface area contributed by atoms with Crippen LogP contribution >= 0.6 is 0 Å². The van der Waals surface area contributed by atoms with Crippen LogP contribution in [0.25, 0.3) is 11.1 Å². The van der Waals surface area contributed by atoms with Crippen molar-refractivity contribution in [1.82, 2.24) is 4.98 Å². The average Bonchev–Trinajstić information content (AvgIpc) is 2.92.